The molecule has 0 radical (unpaired) electrons. The van der Waals surface area contributed by atoms with Gasteiger partial charge in [0.25, 0.3) is 0 Å². The summed E-state index contributed by atoms with van der Waals surface area (Å²) in [6.45, 7) is -0.998. The monoisotopic (exact) mass is 717 g/mol. The molecule has 16 heteroatoms. The molecule has 4 rings (SSSR count). The maximum Gasteiger partial charge on any atom is 0.461 e. The van der Waals surface area contributed by atoms with Crippen molar-refractivity contribution in [2.75, 3.05) is 6.61 Å². The average Bonchev–Trinajstić information content (AvgIpc) is 3.04. The van der Waals surface area contributed by atoms with Crippen molar-refractivity contribution in [3.63, 3.8) is 0 Å². The fourth-order valence-electron chi connectivity index (χ4n) is 4.84. The van der Waals surface area contributed by atoms with Gasteiger partial charge < -0.3 is 25.2 Å². The minimum Gasteiger partial charge on any atom is -0.428 e. The Morgan fingerprint density at radius 1 is 0.898 bits per heavy atom. The third-order valence-corrected chi connectivity index (χ3v) is 7.34. The van der Waals surface area contributed by atoms with Crippen LogP contribution in [-0.2, 0) is 23.3 Å². The quantitative estimate of drug-likeness (QED) is 0.118. The Morgan fingerprint density at radius 2 is 1.53 bits per heavy atom. The number of aromatic nitrogens is 1. The van der Waals surface area contributed by atoms with Gasteiger partial charge in [-0.25, -0.2) is 9.18 Å². The molecule has 0 bridgehead atoms. The van der Waals surface area contributed by atoms with E-state index in [0.717, 1.165) is 18.3 Å². The largest absolute Gasteiger partial charge is 0.461 e. The van der Waals surface area contributed by atoms with Gasteiger partial charge >= 0.3 is 24.7 Å². The van der Waals surface area contributed by atoms with Crippen LogP contribution < -0.4 is 15.4 Å². The molecule has 0 saturated carbocycles. The van der Waals surface area contributed by atoms with Crippen LogP contribution in [0.3, 0.4) is 0 Å². The summed E-state index contributed by atoms with van der Waals surface area (Å²) in [5.74, 6) is -2.32. The zero-order valence-electron chi connectivity index (χ0n) is 25.1. The third kappa shape index (κ3) is 10.0. The van der Waals surface area contributed by atoms with E-state index in [-0.39, 0.29) is 29.3 Å². The second-order valence-corrected chi connectivity index (χ2v) is 11.2. The molecule has 0 spiro atoms. The predicted molar refractivity (Wildman–Crippen MR) is 162 cm³/mol. The first-order valence-corrected chi connectivity index (χ1v) is 14.7. The van der Waals surface area contributed by atoms with Crippen LogP contribution >= 0.6 is 11.6 Å². The topological polar surface area (TPSA) is 92.7 Å². The van der Waals surface area contributed by atoms with Gasteiger partial charge in [0.15, 0.2) is 6.10 Å². The van der Waals surface area contributed by atoms with Crippen LogP contribution in [0.1, 0.15) is 22.4 Å². The van der Waals surface area contributed by atoms with Crippen molar-refractivity contribution < 1.29 is 54.5 Å². The molecule has 0 saturated heterocycles. The van der Waals surface area contributed by atoms with E-state index in [4.69, 9.17) is 16.3 Å². The number of carbonyl (C=O) groups is 1. The lowest BCUT2D eigenvalue weighted by Gasteiger charge is -2.36. The molecule has 1 aromatic heterocycles. The second-order valence-electron chi connectivity index (χ2n) is 10.8. The number of alkyl halides is 7. The third-order valence-electron chi connectivity index (χ3n) is 7.12. The number of benzene rings is 3. The van der Waals surface area contributed by atoms with E-state index < -0.39 is 60.6 Å². The number of rotatable bonds is 14. The number of carbonyl (C=O) groups excluding carboxylic acids is 1. The molecule has 4 aromatic rings. The van der Waals surface area contributed by atoms with Gasteiger partial charge in [-0.2, -0.15) is 30.7 Å². The van der Waals surface area contributed by atoms with Crippen molar-refractivity contribution in [1.29, 1.82) is 0 Å². The fraction of sp³-hybridized carbons (Fsp3) is 0.273. The molecule has 49 heavy (non-hydrogen) atoms. The lowest BCUT2D eigenvalue weighted by atomic mass is 9.80. The van der Waals surface area contributed by atoms with Crippen molar-refractivity contribution in [3.8, 4) is 5.75 Å². The number of amides is 2. The van der Waals surface area contributed by atoms with E-state index in [0.29, 0.717) is 17.2 Å². The molecule has 2 amide bonds. The van der Waals surface area contributed by atoms with Crippen molar-refractivity contribution in [1.82, 2.24) is 15.6 Å². The summed E-state index contributed by atoms with van der Waals surface area (Å²) in [6.07, 6.45) is -16.9. The molecular formula is C33H28ClF8N3O4. The average molecular weight is 718 g/mol. The van der Waals surface area contributed by atoms with Crippen LogP contribution in [0.2, 0.25) is 5.02 Å². The molecule has 3 unspecified atom stereocenters. The van der Waals surface area contributed by atoms with Crippen LogP contribution in [0.5, 0.6) is 5.75 Å². The van der Waals surface area contributed by atoms with Gasteiger partial charge in [0.2, 0.25) is 0 Å². The minimum absolute atomic E-state index is 0.102. The minimum atomic E-state index is -5.21. The van der Waals surface area contributed by atoms with Crippen molar-refractivity contribution in [3.05, 3.63) is 130 Å². The van der Waals surface area contributed by atoms with Crippen LogP contribution in [0, 0.1) is 5.82 Å². The van der Waals surface area contributed by atoms with Gasteiger partial charge in [0.1, 0.15) is 17.1 Å². The summed E-state index contributed by atoms with van der Waals surface area (Å²) in [5.41, 5.74) is -1.61. The standard InChI is InChI=1S/C33H28ClF8N3O4/c34-23-11-12-27(43-17-23)31(16-20-7-3-1-4-8-20,22-13-24(35)15-25(14-22)49-33(41,42)29(36)37)45-30(47)44-26(28(46)32(38,39)40)19-48-18-21-9-5-2-6-10-21/h1-15,17,26,28-29,46H,16,18-19H2,(H2,44,45,47). The zero-order valence-corrected chi connectivity index (χ0v) is 25.9. The summed E-state index contributed by atoms with van der Waals surface area (Å²) < 4.78 is 119. The van der Waals surface area contributed by atoms with E-state index in [1.54, 1.807) is 60.7 Å². The maximum absolute atomic E-state index is 15.1. The van der Waals surface area contributed by atoms with E-state index in [9.17, 15) is 40.6 Å². The molecule has 3 N–H and O–H groups in total. The molecule has 0 aliphatic carbocycles. The van der Waals surface area contributed by atoms with Crippen LogP contribution in [0.15, 0.2) is 97.2 Å². The molecule has 1 heterocycles. The van der Waals surface area contributed by atoms with Gasteiger partial charge in [-0.05, 0) is 41.0 Å². The van der Waals surface area contributed by atoms with Crippen molar-refractivity contribution >= 4 is 17.6 Å². The Kier molecular flexibility index (Phi) is 12.1. The van der Waals surface area contributed by atoms with E-state index in [2.05, 4.69) is 15.0 Å². The van der Waals surface area contributed by atoms with Crippen molar-refractivity contribution in [2.45, 2.75) is 49.4 Å². The summed E-state index contributed by atoms with van der Waals surface area (Å²) in [6, 6.07) is 17.4. The van der Waals surface area contributed by atoms with Crippen LogP contribution in [0.4, 0.5) is 39.9 Å². The fourth-order valence-corrected chi connectivity index (χ4v) is 4.95. The van der Waals surface area contributed by atoms with Crippen molar-refractivity contribution in [2.24, 2.45) is 0 Å². The Bertz CT molecular complexity index is 1670. The van der Waals surface area contributed by atoms with Gasteiger partial charge in [0, 0.05) is 18.7 Å². The van der Waals surface area contributed by atoms with E-state index in [1.807, 2.05) is 5.32 Å². The van der Waals surface area contributed by atoms with E-state index >= 15 is 4.39 Å². The van der Waals surface area contributed by atoms with Crippen LogP contribution in [0.25, 0.3) is 0 Å². The summed E-state index contributed by atoms with van der Waals surface area (Å²) in [5, 5.41) is 14.8. The zero-order chi connectivity index (χ0) is 35.8. The first-order valence-electron chi connectivity index (χ1n) is 14.4. The number of nitrogens with zero attached hydrogens (tertiary/aromatic N) is 1. The molecule has 0 aliphatic heterocycles. The first kappa shape index (κ1) is 37.4. The molecule has 0 aliphatic rings. The highest BCUT2D eigenvalue weighted by Gasteiger charge is 2.47. The summed E-state index contributed by atoms with van der Waals surface area (Å²) in [7, 11) is 0. The highest BCUT2D eigenvalue weighted by Crippen LogP contribution is 2.37. The number of pyridine rings is 1. The van der Waals surface area contributed by atoms with Gasteiger partial charge in [-0.15, -0.1) is 0 Å². The summed E-state index contributed by atoms with van der Waals surface area (Å²) >= 11 is 6.02. The number of ether oxygens (including phenoxy) is 2. The number of halogens is 9. The lowest BCUT2D eigenvalue weighted by molar-refractivity contribution is -0.253. The molecule has 0 fully saturated rings. The Morgan fingerprint density at radius 3 is 2.10 bits per heavy atom. The Hall–Kier alpha value is -4.47. The van der Waals surface area contributed by atoms with Gasteiger partial charge in [-0.1, -0.05) is 72.3 Å². The molecular weight excluding hydrogens is 690 g/mol. The molecule has 7 nitrogen and oxygen atoms in total. The Balaban J connectivity index is 1.79. The highest BCUT2D eigenvalue weighted by atomic mass is 35.5. The maximum atomic E-state index is 15.1. The number of nitrogens with one attached hydrogen (secondary N) is 2. The lowest BCUT2D eigenvalue weighted by Crippen LogP contribution is -2.59. The highest BCUT2D eigenvalue weighted by molar-refractivity contribution is 6.30. The van der Waals surface area contributed by atoms with E-state index in [1.165, 1.54) is 12.1 Å². The number of aliphatic hydroxyl groups is 1. The SMILES string of the molecule is O=C(NC(COCc1ccccc1)C(O)C(F)(F)F)NC(Cc1ccccc1)(c1cc(F)cc(OC(F)(F)C(F)F)c1)c1ccc(Cl)cn1. The smallest absolute Gasteiger partial charge is 0.428 e. The molecule has 3 atom stereocenters. The number of hydrogen-bond donors (Lipinski definition) is 3. The van der Waals surface area contributed by atoms with Gasteiger partial charge in [-0.3, -0.25) is 4.98 Å². The number of hydrogen-bond acceptors (Lipinski definition) is 5. The first-order chi connectivity index (χ1) is 23.1. The second kappa shape index (κ2) is 15.8. The number of aliphatic hydroxyl groups excluding tert-OH is 1. The Labute approximate surface area is 279 Å². The predicted octanol–water partition coefficient (Wildman–Crippen LogP) is 7.40. The summed E-state index contributed by atoms with van der Waals surface area (Å²) in [4.78, 5) is 17.9. The molecule has 3 aromatic carbocycles. The number of urea groups is 1. The molecule has 262 valence electrons. The van der Waals surface area contributed by atoms with Gasteiger partial charge in [0.05, 0.1) is 30.0 Å². The normalized spacial score (nSPS) is 14.5. The van der Waals surface area contributed by atoms with Crippen LogP contribution in [-0.4, -0.2) is 53.6 Å².